The van der Waals surface area contributed by atoms with Crippen LogP contribution >= 0.6 is 39.1 Å². The predicted molar refractivity (Wildman–Crippen MR) is 122 cm³/mol. The van der Waals surface area contributed by atoms with Gasteiger partial charge >= 0.3 is 5.97 Å². The van der Waals surface area contributed by atoms with E-state index in [1.54, 1.807) is 18.2 Å². The second kappa shape index (κ2) is 10.1. The highest BCUT2D eigenvalue weighted by molar-refractivity contribution is 9.10. The number of nitrogens with one attached hydrogen (secondary N) is 1. The lowest BCUT2D eigenvalue weighted by Gasteiger charge is -2.16. The number of halogens is 3. The van der Waals surface area contributed by atoms with Crippen LogP contribution in [0.3, 0.4) is 0 Å². The first kappa shape index (κ1) is 22.3. The summed E-state index contributed by atoms with van der Waals surface area (Å²) >= 11 is 15.7. The van der Waals surface area contributed by atoms with Crippen LogP contribution in [0.4, 0.5) is 5.69 Å². The molecule has 5 nitrogen and oxygen atoms in total. The molecule has 3 aromatic carbocycles. The number of rotatable bonds is 8. The fourth-order valence-electron chi connectivity index (χ4n) is 2.79. The average molecular weight is 511 g/mol. The van der Waals surface area contributed by atoms with Gasteiger partial charge in [-0.1, -0.05) is 45.2 Å². The molecule has 0 amide bonds. The number of benzene rings is 3. The van der Waals surface area contributed by atoms with Gasteiger partial charge in [0.25, 0.3) is 0 Å². The Morgan fingerprint density at radius 2 is 1.80 bits per heavy atom. The standard InChI is InChI=1S/C22H18BrCl2NO4/c1-29-21-6-3-13(22(27)28)9-19(21)26-11-15-8-16(23)4-7-20(15)30-12-14-2-5-17(24)10-18(14)25/h2-10,26H,11-12H2,1H3,(H,27,28). The van der Waals surface area contributed by atoms with Crippen molar-refractivity contribution in [3.8, 4) is 11.5 Å². The molecule has 0 saturated carbocycles. The van der Waals surface area contributed by atoms with E-state index in [-0.39, 0.29) is 12.2 Å². The van der Waals surface area contributed by atoms with Crippen LogP contribution in [-0.4, -0.2) is 18.2 Å². The summed E-state index contributed by atoms with van der Waals surface area (Å²) in [4.78, 5) is 11.3. The first-order valence-electron chi connectivity index (χ1n) is 8.87. The Morgan fingerprint density at radius 3 is 2.50 bits per heavy atom. The number of ether oxygens (including phenoxy) is 2. The number of hydrogen-bond donors (Lipinski definition) is 2. The monoisotopic (exact) mass is 509 g/mol. The second-order valence-electron chi connectivity index (χ2n) is 6.35. The molecular formula is C22H18BrCl2NO4. The second-order valence-corrected chi connectivity index (χ2v) is 8.11. The molecule has 0 spiro atoms. The number of methoxy groups -OCH3 is 1. The molecule has 0 atom stereocenters. The van der Waals surface area contributed by atoms with Gasteiger partial charge in [0.15, 0.2) is 0 Å². The minimum Gasteiger partial charge on any atom is -0.495 e. The molecule has 30 heavy (non-hydrogen) atoms. The summed E-state index contributed by atoms with van der Waals surface area (Å²) in [5.74, 6) is 0.211. The molecule has 0 saturated heterocycles. The van der Waals surface area contributed by atoms with Crippen molar-refractivity contribution in [1.82, 2.24) is 0 Å². The SMILES string of the molecule is COc1ccc(C(=O)O)cc1NCc1cc(Br)ccc1OCc1ccc(Cl)cc1Cl. The zero-order valence-corrected chi connectivity index (χ0v) is 19.0. The Morgan fingerprint density at radius 1 is 1.03 bits per heavy atom. The largest absolute Gasteiger partial charge is 0.495 e. The summed E-state index contributed by atoms with van der Waals surface area (Å²) in [6, 6.07) is 15.6. The Hall–Kier alpha value is -2.41. The van der Waals surface area contributed by atoms with Gasteiger partial charge in [0, 0.05) is 32.2 Å². The number of anilines is 1. The highest BCUT2D eigenvalue weighted by atomic mass is 79.9. The summed E-state index contributed by atoms with van der Waals surface area (Å²) < 4.78 is 12.2. The molecule has 0 aliphatic carbocycles. The Labute approximate surface area is 192 Å². The summed E-state index contributed by atoms with van der Waals surface area (Å²) in [5.41, 5.74) is 2.43. The fourth-order valence-corrected chi connectivity index (χ4v) is 3.66. The van der Waals surface area contributed by atoms with E-state index in [2.05, 4.69) is 21.2 Å². The van der Waals surface area contributed by atoms with Crippen LogP contribution in [0.15, 0.2) is 59.1 Å². The summed E-state index contributed by atoms with van der Waals surface area (Å²) in [7, 11) is 1.53. The molecule has 0 fully saturated rings. The molecule has 2 N–H and O–H groups in total. The normalized spacial score (nSPS) is 10.5. The molecule has 156 valence electrons. The van der Waals surface area contributed by atoms with Crippen molar-refractivity contribution in [3.05, 3.63) is 85.8 Å². The van der Waals surface area contributed by atoms with Crippen molar-refractivity contribution in [2.45, 2.75) is 13.2 Å². The molecule has 3 aromatic rings. The summed E-state index contributed by atoms with van der Waals surface area (Å²) in [6.45, 7) is 0.672. The van der Waals surface area contributed by atoms with Crippen LogP contribution in [-0.2, 0) is 13.2 Å². The van der Waals surface area contributed by atoms with Gasteiger partial charge in [-0.2, -0.15) is 0 Å². The van der Waals surface area contributed by atoms with Gasteiger partial charge < -0.3 is 19.9 Å². The molecule has 0 radical (unpaired) electrons. The van der Waals surface area contributed by atoms with Crippen molar-refractivity contribution in [2.24, 2.45) is 0 Å². The van der Waals surface area contributed by atoms with Crippen molar-refractivity contribution in [1.29, 1.82) is 0 Å². The first-order valence-corrected chi connectivity index (χ1v) is 10.4. The molecule has 0 aliphatic rings. The molecule has 0 unspecified atom stereocenters. The Kier molecular flexibility index (Phi) is 7.48. The molecule has 0 heterocycles. The third-order valence-electron chi connectivity index (χ3n) is 4.34. The van der Waals surface area contributed by atoms with Crippen molar-refractivity contribution >= 4 is 50.8 Å². The van der Waals surface area contributed by atoms with Crippen LogP contribution in [0.5, 0.6) is 11.5 Å². The smallest absolute Gasteiger partial charge is 0.335 e. The third kappa shape index (κ3) is 5.59. The number of carboxylic acids is 1. The van der Waals surface area contributed by atoms with Gasteiger partial charge in [-0.25, -0.2) is 4.79 Å². The number of hydrogen-bond acceptors (Lipinski definition) is 4. The van der Waals surface area contributed by atoms with E-state index in [0.29, 0.717) is 33.8 Å². The zero-order valence-electron chi connectivity index (χ0n) is 15.9. The van der Waals surface area contributed by atoms with Crippen molar-refractivity contribution in [2.75, 3.05) is 12.4 Å². The topological polar surface area (TPSA) is 67.8 Å². The van der Waals surface area contributed by atoms with Crippen LogP contribution < -0.4 is 14.8 Å². The Bertz CT molecular complexity index is 1070. The number of carbonyl (C=O) groups is 1. The van der Waals surface area contributed by atoms with Crippen LogP contribution in [0.1, 0.15) is 21.5 Å². The maximum absolute atomic E-state index is 11.3. The van der Waals surface area contributed by atoms with Crippen molar-refractivity contribution < 1.29 is 19.4 Å². The predicted octanol–water partition coefficient (Wildman–Crippen LogP) is 6.65. The molecule has 8 heteroatoms. The van der Waals surface area contributed by atoms with Crippen LogP contribution in [0.2, 0.25) is 10.0 Å². The van der Waals surface area contributed by atoms with Gasteiger partial charge in [0.1, 0.15) is 18.1 Å². The number of carboxylic acid groups (broad SMARTS) is 1. The third-order valence-corrected chi connectivity index (χ3v) is 5.42. The lowest BCUT2D eigenvalue weighted by atomic mass is 10.1. The zero-order chi connectivity index (χ0) is 21.7. The van der Waals surface area contributed by atoms with E-state index < -0.39 is 5.97 Å². The van der Waals surface area contributed by atoms with E-state index >= 15 is 0 Å². The quantitative estimate of drug-likeness (QED) is 0.355. The van der Waals surface area contributed by atoms with E-state index in [9.17, 15) is 9.90 Å². The number of aromatic carboxylic acids is 1. The van der Waals surface area contributed by atoms with E-state index in [1.165, 1.54) is 19.2 Å². The average Bonchev–Trinajstić information content (AvgIpc) is 2.72. The van der Waals surface area contributed by atoms with Crippen LogP contribution in [0, 0.1) is 0 Å². The van der Waals surface area contributed by atoms with Gasteiger partial charge in [0.05, 0.1) is 18.4 Å². The van der Waals surface area contributed by atoms with Crippen molar-refractivity contribution in [3.63, 3.8) is 0 Å². The molecule has 3 rings (SSSR count). The highest BCUT2D eigenvalue weighted by Gasteiger charge is 2.11. The lowest BCUT2D eigenvalue weighted by molar-refractivity contribution is 0.0697. The maximum atomic E-state index is 11.3. The van der Waals surface area contributed by atoms with E-state index in [4.69, 9.17) is 32.7 Å². The highest BCUT2D eigenvalue weighted by Crippen LogP contribution is 2.30. The first-order chi connectivity index (χ1) is 14.4. The maximum Gasteiger partial charge on any atom is 0.335 e. The van der Waals surface area contributed by atoms with Gasteiger partial charge in [-0.05, 0) is 48.5 Å². The van der Waals surface area contributed by atoms with Crippen LogP contribution in [0.25, 0.3) is 0 Å². The lowest BCUT2D eigenvalue weighted by Crippen LogP contribution is -2.06. The summed E-state index contributed by atoms with van der Waals surface area (Å²) in [6.07, 6.45) is 0. The fraction of sp³-hybridized carbons (Fsp3) is 0.136. The molecular weight excluding hydrogens is 493 g/mol. The molecule has 0 bridgehead atoms. The minimum atomic E-state index is -1.01. The van der Waals surface area contributed by atoms with E-state index in [1.807, 2.05) is 24.3 Å². The molecule has 0 aliphatic heterocycles. The van der Waals surface area contributed by atoms with E-state index in [0.717, 1.165) is 15.6 Å². The minimum absolute atomic E-state index is 0.168. The molecule has 0 aromatic heterocycles. The summed E-state index contributed by atoms with van der Waals surface area (Å²) in [5, 5.41) is 13.6. The Balaban J connectivity index is 1.79. The van der Waals surface area contributed by atoms with Gasteiger partial charge in [-0.3, -0.25) is 0 Å². The van der Waals surface area contributed by atoms with Gasteiger partial charge in [0.2, 0.25) is 0 Å². The van der Waals surface area contributed by atoms with Gasteiger partial charge in [-0.15, -0.1) is 0 Å².